The molecule has 1 aromatic carbocycles. The number of likely N-dealkylation sites (N-methyl/N-ethyl adjacent to an activating group) is 1. The molecule has 0 heterocycles. The van der Waals surface area contributed by atoms with E-state index < -0.39 is 18.1 Å². The molecule has 25 heavy (non-hydrogen) atoms. The zero-order valence-electron chi connectivity index (χ0n) is 14.0. The Morgan fingerprint density at radius 2 is 2.04 bits per heavy atom. The van der Waals surface area contributed by atoms with Gasteiger partial charge in [-0.05, 0) is 5.56 Å². The largest absolute Gasteiger partial charge is 0.480 e. The van der Waals surface area contributed by atoms with E-state index in [1.165, 1.54) is 24.9 Å². The molecule has 2 N–H and O–H groups in total. The first kappa shape index (κ1) is 20.6. The maximum absolute atomic E-state index is 11.8. The Morgan fingerprint density at radius 3 is 2.64 bits per heavy atom. The van der Waals surface area contributed by atoms with Crippen LogP contribution in [-0.2, 0) is 20.7 Å². The molecular formula is C17H22N2O5S. The third-order valence-corrected chi connectivity index (χ3v) is 4.12. The predicted octanol–water partition coefficient (Wildman–Crippen LogP) is 1.74. The molecular weight excluding hydrogens is 344 g/mol. The summed E-state index contributed by atoms with van der Waals surface area (Å²) < 4.78 is 4.82. The van der Waals surface area contributed by atoms with E-state index in [2.05, 4.69) is 11.9 Å². The second-order valence-electron chi connectivity index (χ2n) is 5.11. The molecule has 0 aliphatic rings. The second-order valence-corrected chi connectivity index (χ2v) is 6.14. The first-order chi connectivity index (χ1) is 12.0. The number of hydrogen-bond donors (Lipinski definition) is 2. The summed E-state index contributed by atoms with van der Waals surface area (Å²) in [6, 6.07) is 8.26. The van der Waals surface area contributed by atoms with Gasteiger partial charge in [0.15, 0.2) is 0 Å². The van der Waals surface area contributed by atoms with E-state index >= 15 is 0 Å². The number of benzene rings is 1. The van der Waals surface area contributed by atoms with Crippen LogP contribution in [0.3, 0.4) is 0 Å². The smallest absolute Gasteiger partial charge is 0.410 e. The minimum Gasteiger partial charge on any atom is -0.480 e. The predicted molar refractivity (Wildman–Crippen MR) is 96.3 cm³/mol. The van der Waals surface area contributed by atoms with Crippen molar-refractivity contribution in [3.05, 3.63) is 48.6 Å². The van der Waals surface area contributed by atoms with Crippen molar-refractivity contribution in [2.75, 3.05) is 25.3 Å². The summed E-state index contributed by atoms with van der Waals surface area (Å²) in [7, 11) is 1.36. The summed E-state index contributed by atoms with van der Waals surface area (Å²) in [4.78, 5) is 35.9. The van der Waals surface area contributed by atoms with Crippen molar-refractivity contribution < 1.29 is 24.2 Å². The number of thioether (sulfide) groups is 1. The van der Waals surface area contributed by atoms with Crippen LogP contribution < -0.4 is 5.32 Å². The second kappa shape index (κ2) is 11.1. The van der Waals surface area contributed by atoms with Gasteiger partial charge in [-0.3, -0.25) is 9.69 Å². The molecule has 0 saturated carbocycles. The number of carboxylic acids is 1. The molecule has 8 heteroatoms. The fraction of sp³-hybridized carbons (Fsp3) is 0.353. The Kier molecular flexibility index (Phi) is 9.16. The van der Waals surface area contributed by atoms with Crippen LogP contribution in [0.15, 0.2) is 43.0 Å². The number of nitrogens with one attached hydrogen (secondary N) is 1. The lowest BCUT2D eigenvalue weighted by atomic mass is 10.1. The van der Waals surface area contributed by atoms with Crippen molar-refractivity contribution in [3.8, 4) is 0 Å². The molecule has 0 fully saturated rings. The monoisotopic (exact) mass is 366 g/mol. The fourth-order valence-corrected chi connectivity index (χ4v) is 2.82. The van der Waals surface area contributed by atoms with Gasteiger partial charge < -0.3 is 15.2 Å². The highest BCUT2D eigenvalue weighted by Gasteiger charge is 2.27. The fourth-order valence-electron chi connectivity index (χ4n) is 1.85. The summed E-state index contributed by atoms with van der Waals surface area (Å²) in [6.07, 6.45) is 0.928. The highest BCUT2D eigenvalue weighted by Crippen LogP contribution is 2.09. The Labute approximate surface area is 151 Å². The highest BCUT2D eigenvalue weighted by atomic mass is 32.2. The Bertz CT molecular complexity index is 594. The maximum atomic E-state index is 11.8. The van der Waals surface area contributed by atoms with E-state index in [1.807, 2.05) is 30.3 Å². The van der Waals surface area contributed by atoms with Gasteiger partial charge in [0.1, 0.15) is 12.6 Å². The molecule has 1 atom stereocenters. The van der Waals surface area contributed by atoms with Crippen LogP contribution in [0.2, 0.25) is 0 Å². The van der Waals surface area contributed by atoms with Crippen LogP contribution in [0.4, 0.5) is 4.79 Å². The van der Waals surface area contributed by atoms with Crippen LogP contribution in [-0.4, -0.2) is 59.3 Å². The molecule has 0 saturated heterocycles. The summed E-state index contributed by atoms with van der Waals surface area (Å²) in [5.41, 5.74) is 0.901. The molecule has 2 amide bonds. The first-order valence-electron chi connectivity index (χ1n) is 7.57. The first-order valence-corrected chi connectivity index (χ1v) is 8.72. The summed E-state index contributed by atoms with van der Waals surface area (Å²) >= 11 is 1.22. The quantitative estimate of drug-likeness (QED) is 0.372. The van der Waals surface area contributed by atoms with Gasteiger partial charge in [0, 0.05) is 12.8 Å². The SMILES string of the molecule is C=CCOC(=O)N(C)[C@@H](CSCNC(=O)Cc1ccccc1)C(=O)O. The van der Waals surface area contributed by atoms with Crippen LogP contribution >= 0.6 is 11.8 Å². The van der Waals surface area contributed by atoms with Crippen LogP contribution in [0.5, 0.6) is 0 Å². The lowest BCUT2D eigenvalue weighted by Crippen LogP contribution is -2.44. The van der Waals surface area contributed by atoms with Crippen LogP contribution in [0.25, 0.3) is 0 Å². The number of amides is 2. The Balaban J connectivity index is 2.37. The minimum absolute atomic E-state index is 0.0121. The Hall–Kier alpha value is -2.48. The van der Waals surface area contributed by atoms with Crippen molar-refractivity contribution in [2.45, 2.75) is 12.5 Å². The number of aliphatic carboxylic acids is 1. The van der Waals surface area contributed by atoms with Crippen molar-refractivity contribution in [1.29, 1.82) is 0 Å². The van der Waals surface area contributed by atoms with Gasteiger partial charge in [-0.15, -0.1) is 11.8 Å². The zero-order valence-corrected chi connectivity index (χ0v) is 14.8. The molecule has 0 aliphatic carbocycles. The molecule has 0 radical (unpaired) electrons. The zero-order chi connectivity index (χ0) is 18.7. The van der Waals surface area contributed by atoms with Gasteiger partial charge in [0.2, 0.25) is 5.91 Å². The third-order valence-electron chi connectivity index (χ3n) is 3.22. The van der Waals surface area contributed by atoms with E-state index in [4.69, 9.17) is 4.74 Å². The average Bonchev–Trinajstić information content (AvgIpc) is 2.59. The lowest BCUT2D eigenvalue weighted by molar-refractivity contribution is -0.141. The molecule has 0 aliphatic heterocycles. The summed E-state index contributed by atoms with van der Waals surface area (Å²) in [5, 5.41) is 12.0. The van der Waals surface area contributed by atoms with E-state index in [0.29, 0.717) is 0 Å². The van der Waals surface area contributed by atoms with Crippen molar-refractivity contribution >= 4 is 29.7 Å². The molecule has 0 unspecified atom stereocenters. The maximum Gasteiger partial charge on any atom is 0.410 e. The van der Waals surface area contributed by atoms with E-state index in [0.717, 1.165) is 10.5 Å². The number of ether oxygens (including phenoxy) is 1. The van der Waals surface area contributed by atoms with Crippen molar-refractivity contribution in [1.82, 2.24) is 10.2 Å². The number of hydrogen-bond acceptors (Lipinski definition) is 5. The third kappa shape index (κ3) is 7.75. The van der Waals surface area contributed by atoms with E-state index in [-0.39, 0.29) is 30.6 Å². The van der Waals surface area contributed by atoms with Gasteiger partial charge in [0.25, 0.3) is 0 Å². The average molecular weight is 366 g/mol. The number of carbonyl (C=O) groups is 3. The number of carbonyl (C=O) groups excluding carboxylic acids is 2. The number of nitrogens with zero attached hydrogens (tertiary/aromatic N) is 1. The number of carboxylic acid groups (broad SMARTS) is 1. The van der Waals surface area contributed by atoms with Crippen LogP contribution in [0.1, 0.15) is 5.56 Å². The van der Waals surface area contributed by atoms with Gasteiger partial charge >= 0.3 is 12.1 Å². The molecule has 7 nitrogen and oxygen atoms in total. The standard InChI is InChI=1S/C17H22N2O5S/c1-3-9-24-17(23)19(2)14(16(21)22)11-25-12-18-15(20)10-13-7-5-4-6-8-13/h3-8,14H,1,9-12H2,2H3,(H,18,20)(H,21,22)/t14-/m0/s1. The van der Waals surface area contributed by atoms with Gasteiger partial charge in [-0.1, -0.05) is 43.0 Å². The summed E-state index contributed by atoms with van der Waals surface area (Å²) in [5.74, 6) is -0.906. The normalized spacial score (nSPS) is 11.2. The van der Waals surface area contributed by atoms with Crippen molar-refractivity contribution in [3.63, 3.8) is 0 Å². The van der Waals surface area contributed by atoms with Crippen molar-refractivity contribution in [2.24, 2.45) is 0 Å². The van der Waals surface area contributed by atoms with Gasteiger partial charge in [0.05, 0.1) is 12.3 Å². The minimum atomic E-state index is -1.14. The molecule has 1 rings (SSSR count). The lowest BCUT2D eigenvalue weighted by Gasteiger charge is -2.23. The molecule has 1 aromatic rings. The molecule has 0 aromatic heterocycles. The van der Waals surface area contributed by atoms with Crippen LogP contribution in [0, 0.1) is 0 Å². The van der Waals surface area contributed by atoms with Gasteiger partial charge in [-0.2, -0.15) is 0 Å². The molecule has 0 spiro atoms. The van der Waals surface area contributed by atoms with Gasteiger partial charge in [-0.25, -0.2) is 9.59 Å². The van der Waals surface area contributed by atoms with E-state index in [1.54, 1.807) is 0 Å². The van der Waals surface area contributed by atoms with E-state index in [9.17, 15) is 19.5 Å². The highest BCUT2D eigenvalue weighted by molar-refractivity contribution is 7.99. The Morgan fingerprint density at radius 1 is 1.36 bits per heavy atom. The number of rotatable bonds is 10. The molecule has 0 bridgehead atoms. The topological polar surface area (TPSA) is 95.9 Å². The molecule has 136 valence electrons. The summed E-state index contributed by atoms with van der Waals surface area (Å²) in [6.45, 7) is 3.43.